The van der Waals surface area contributed by atoms with Crippen LogP contribution in [0.1, 0.15) is 23.6 Å². The molecule has 1 aromatic rings. The highest BCUT2D eigenvalue weighted by Gasteiger charge is 2.29. The minimum Gasteiger partial charge on any atom is -0.366 e. The number of halogens is 1. The van der Waals surface area contributed by atoms with Crippen molar-refractivity contribution in [2.75, 3.05) is 19.7 Å². The van der Waals surface area contributed by atoms with Gasteiger partial charge in [0.05, 0.1) is 12.6 Å². The highest BCUT2D eigenvalue weighted by molar-refractivity contribution is 6.31. The average molecular weight is 281 g/mol. The Kier molecular flexibility index (Phi) is 3.73. The van der Waals surface area contributed by atoms with Gasteiger partial charge in [0.2, 0.25) is 0 Å². The lowest BCUT2D eigenvalue weighted by molar-refractivity contribution is -0.135. The number of ether oxygens (including phenoxy) is 1. The maximum atomic E-state index is 12.1. The Morgan fingerprint density at radius 1 is 1.47 bits per heavy atom. The molecule has 1 aromatic carbocycles. The molecule has 2 unspecified atom stereocenters. The highest BCUT2D eigenvalue weighted by atomic mass is 35.5. The van der Waals surface area contributed by atoms with E-state index in [1.165, 1.54) is 0 Å². The van der Waals surface area contributed by atoms with E-state index in [1.807, 2.05) is 18.2 Å². The van der Waals surface area contributed by atoms with Crippen molar-refractivity contribution < 1.29 is 9.53 Å². The second kappa shape index (κ2) is 5.49. The second-order valence-corrected chi connectivity index (χ2v) is 5.38. The fourth-order valence-electron chi connectivity index (χ4n) is 2.76. The van der Waals surface area contributed by atoms with E-state index >= 15 is 0 Å². The van der Waals surface area contributed by atoms with E-state index in [9.17, 15) is 4.79 Å². The summed E-state index contributed by atoms with van der Waals surface area (Å²) in [4.78, 5) is 12.1. The fourth-order valence-corrected chi connectivity index (χ4v) is 3.03. The summed E-state index contributed by atoms with van der Waals surface area (Å²) >= 11 is 6.17. The molecule has 0 bridgehead atoms. The summed E-state index contributed by atoms with van der Waals surface area (Å²) in [6.07, 6.45) is 1.45. The van der Waals surface area contributed by atoms with Gasteiger partial charge in [-0.3, -0.25) is 4.79 Å². The van der Waals surface area contributed by atoms with Crippen LogP contribution in [0.15, 0.2) is 18.2 Å². The van der Waals surface area contributed by atoms with Crippen LogP contribution < -0.4 is 10.6 Å². The molecule has 1 aliphatic heterocycles. The molecule has 19 heavy (non-hydrogen) atoms. The van der Waals surface area contributed by atoms with Gasteiger partial charge >= 0.3 is 0 Å². The molecule has 0 saturated carbocycles. The molecule has 1 heterocycles. The van der Waals surface area contributed by atoms with Gasteiger partial charge in [-0.15, -0.1) is 0 Å². The molecule has 3 rings (SSSR count). The van der Waals surface area contributed by atoms with E-state index in [2.05, 4.69) is 10.6 Å². The van der Waals surface area contributed by atoms with Crippen molar-refractivity contribution in [2.45, 2.75) is 25.0 Å². The van der Waals surface area contributed by atoms with Crippen LogP contribution in [0.4, 0.5) is 0 Å². The topological polar surface area (TPSA) is 50.4 Å². The van der Waals surface area contributed by atoms with Gasteiger partial charge < -0.3 is 15.4 Å². The smallest absolute Gasteiger partial charge is 0.250 e. The predicted molar refractivity (Wildman–Crippen MR) is 73.3 cm³/mol. The first-order chi connectivity index (χ1) is 9.25. The monoisotopic (exact) mass is 280 g/mol. The van der Waals surface area contributed by atoms with Crippen molar-refractivity contribution in [2.24, 2.45) is 0 Å². The summed E-state index contributed by atoms with van der Waals surface area (Å²) in [5, 5.41) is 7.03. The second-order valence-electron chi connectivity index (χ2n) is 4.97. The summed E-state index contributed by atoms with van der Waals surface area (Å²) < 4.78 is 5.46. The first-order valence-corrected chi connectivity index (χ1v) is 7.03. The quantitative estimate of drug-likeness (QED) is 0.862. The lowest BCUT2D eigenvalue weighted by atomic mass is 10.1. The van der Waals surface area contributed by atoms with Crippen LogP contribution in [0.25, 0.3) is 0 Å². The van der Waals surface area contributed by atoms with E-state index in [1.54, 1.807) is 0 Å². The third kappa shape index (κ3) is 2.61. The molecular weight excluding hydrogens is 264 g/mol. The minimum atomic E-state index is -0.378. The van der Waals surface area contributed by atoms with Gasteiger partial charge in [-0.1, -0.05) is 23.7 Å². The average Bonchev–Trinajstić information content (AvgIpc) is 2.84. The molecule has 0 radical (unpaired) electrons. The molecular formula is C14H17ClN2O2. The van der Waals surface area contributed by atoms with E-state index in [4.69, 9.17) is 16.3 Å². The van der Waals surface area contributed by atoms with E-state index in [-0.39, 0.29) is 18.1 Å². The molecule has 1 saturated heterocycles. The minimum absolute atomic E-state index is 0.0370. The maximum Gasteiger partial charge on any atom is 0.250 e. The molecule has 2 N–H and O–H groups in total. The summed E-state index contributed by atoms with van der Waals surface area (Å²) in [5.41, 5.74) is 2.31. The van der Waals surface area contributed by atoms with Gasteiger partial charge in [0, 0.05) is 18.1 Å². The zero-order valence-electron chi connectivity index (χ0n) is 10.6. The molecule has 4 nitrogen and oxygen atoms in total. The lowest BCUT2D eigenvalue weighted by Crippen LogP contribution is -2.48. The van der Waals surface area contributed by atoms with Crippen molar-refractivity contribution in [1.82, 2.24) is 10.6 Å². The molecule has 2 aliphatic rings. The summed E-state index contributed by atoms with van der Waals surface area (Å²) in [6, 6.07) is 5.94. The molecule has 1 amide bonds. The van der Waals surface area contributed by atoms with Gasteiger partial charge in [0.25, 0.3) is 5.91 Å². The van der Waals surface area contributed by atoms with Gasteiger partial charge in [-0.2, -0.15) is 0 Å². The summed E-state index contributed by atoms with van der Waals surface area (Å²) in [6.45, 7) is 1.98. The number of rotatable bonds is 2. The number of carbonyl (C=O) groups is 1. The number of amides is 1. The van der Waals surface area contributed by atoms with Crippen molar-refractivity contribution in [3.8, 4) is 0 Å². The number of hydrogen-bond donors (Lipinski definition) is 2. The Bertz CT molecular complexity index is 486. The van der Waals surface area contributed by atoms with Crippen LogP contribution in [0.5, 0.6) is 0 Å². The number of hydrogen-bond acceptors (Lipinski definition) is 3. The third-order valence-corrected chi connectivity index (χ3v) is 4.10. The number of carbonyl (C=O) groups excluding carboxylic acids is 1. The van der Waals surface area contributed by atoms with E-state index < -0.39 is 0 Å². The van der Waals surface area contributed by atoms with E-state index in [0.717, 1.165) is 35.5 Å². The number of morpholine rings is 1. The standard InChI is InChI=1S/C14H17ClN2O2/c15-11-3-1-2-10-9(11)4-5-12(10)17-14(18)13-8-16-6-7-19-13/h1-3,12-13,16H,4-8H2,(H,17,18). The Hall–Kier alpha value is -1.10. The third-order valence-electron chi connectivity index (χ3n) is 3.75. The van der Waals surface area contributed by atoms with Crippen LogP contribution in [0.3, 0.4) is 0 Å². The molecule has 0 aromatic heterocycles. The largest absolute Gasteiger partial charge is 0.366 e. The number of nitrogens with one attached hydrogen (secondary N) is 2. The molecule has 1 fully saturated rings. The SMILES string of the molecule is O=C(NC1CCc2c(Cl)cccc21)C1CNCCO1. The molecule has 0 spiro atoms. The Labute approximate surface area is 117 Å². The van der Waals surface area contributed by atoms with Gasteiger partial charge in [0.15, 0.2) is 0 Å². The van der Waals surface area contributed by atoms with Crippen LogP contribution in [0.2, 0.25) is 5.02 Å². The molecule has 2 atom stereocenters. The zero-order chi connectivity index (χ0) is 13.2. The van der Waals surface area contributed by atoms with Crippen molar-refractivity contribution >= 4 is 17.5 Å². The lowest BCUT2D eigenvalue weighted by Gasteiger charge is -2.24. The number of fused-ring (bicyclic) bond motifs is 1. The maximum absolute atomic E-state index is 12.1. The zero-order valence-corrected chi connectivity index (χ0v) is 11.4. The van der Waals surface area contributed by atoms with Crippen molar-refractivity contribution in [3.05, 3.63) is 34.3 Å². The first-order valence-electron chi connectivity index (χ1n) is 6.65. The Morgan fingerprint density at radius 3 is 3.16 bits per heavy atom. The normalized spacial score (nSPS) is 25.9. The van der Waals surface area contributed by atoms with Gasteiger partial charge in [-0.25, -0.2) is 0 Å². The Balaban J connectivity index is 1.69. The van der Waals surface area contributed by atoms with Crippen molar-refractivity contribution in [1.29, 1.82) is 0 Å². The predicted octanol–water partition coefficient (Wildman–Crippen LogP) is 1.43. The van der Waals surface area contributed by atoms with E-state index in [0.29, 0.717) is 13.2 Å². The molecule has 102 valence electrons. The Morgan fingerprint density at radius 2 is 2.37 bits per heavy atom. The fraction of sp³-hybridized carbons (Fsp3) is 0.500. The summed E-state index contributed by atoms with van der Waals surface area (Å²) in [5.74, 6) is -0.0370. The highest BCUT2D eigenvalue weighted by Crippen LogP contribution is 2.35. The van der Waals surface area contributed by atoms with Crippen LogP contribution in [-0.2, 0) is 16.0 Å². The van der Waals surface area contributed by atoms with Gasteiger partial charge in [-0.05, 0) is 30.0 Å². The molecule has 5 heteroatoms. The van der Waals surface area contributed by atoms with Crippen molar-refractivity contribution in [3.63, 3.8) is 0 Å². The number of benzene rings is 1. The first kappa shape index (κ1) is 12.9. The van der Waals surface area contributed by atoms with Crippen LogP contribution in [0, 0.1) is 0 Å². The van der Waals surface area contributed by atoms with Crippen LogP contribution in [-0.4, -0.2) is 31.7 Å². The molecule has 1 aliphatic carbocycles. The van der Waals surface area contributed by atoms with Crippen LogP contribution >= 0.6 is 11.6 Å². The summed E-state index contributed by atoms with van der Waals surface area (Å²) in [7, 11) is 0. The van der Waals surface area contributed by atoms with Gasteiger partial charge in [0.1, 0.15) is 6.10 Å².